The standard InChI is InChI=1S/C21H25ClN6O/c1-14-5-8-16(9-6-14)28-20(24-15-7-10-18(29-2)17(22)13-15)25-19(23)26-21(28)27-11-3-4-12-27/h5-10,13,20,24H,3-4,11-12H2,1-2H3,(H2,23,25). The minimum Gasteiger partial charge on any atom is -0.495 e. The van der Waals surface area contributed by atoms with Crippen LogP contribution in [0.3, 0.4) is 0 Å². The SMILES string of the molecule is COc1ccc(NC2N=C(N)N=C(N3CCCC3)N2c2ccc(C)cc2)cc1Cl. The second-order valence-corrected chi connectivity index (χ2v) is 7.57. The summed E-state index contributed by atoms with van der Waals surface area (Å²) >= 11 is 6.31. The number of nitrogens with two attached hydrogens (primary N) is 1. The van der Waals surface area contributed by atoms with Gasteiger partial charge in [0.15, 0.2) is 0 Å². The molecular formula is C21H25ClN6O. The highest BCUT2D eigenvalue weighted by molar-refractivity contribution is 6.32. The molecule has 0 bridgehead atoms. The van der Waals surface area contributed by atoms with Crippen molar-refractivity contribution in [2.24, 2.45) is 15.7 Å². The molecule has 0 amide bonds. The van der Waals surface area contributed by atoms with E-state index in [2.05, 4.69) is 56.3 Å². The summed E-state index contributed by atoms with van der Waals surface area (Å²) in [6.07, 6.45) is 1.84. The van der Waals surface area contributed by atoms with Crippen LogP contribution in [0.1, 0.15) is 18.4 Å². The van der Waals surface area contributed by atoms with Gasteiger partial charge in [-0.3, -0.25) is 4.90 Å². The first-order valence-electron chi connectivity index (χ1n) is 9.68. The highest BCUT2D eigenvalue weighted by atomic mass is 35.5. The molecule has 1 unspecified atom stereocenters. The molecule has 0 radical (unpaired) electrons. The maximum Gasteiger partial charge on any atom is 0.222 e. The van der Waals surface area contributed by atoms with E-state index in [-0.39, 0.29) is 5.96 Å². The van der Waals surface area contributed by atoms with Crippen LogP contribution >= 0.6 is 11.6 Å². The summed E-state index contributed by atoms with van der Waals surface area (Å²) in [6, 6.07) is 13.9. The fraction of sp³-hybridized carbons (Fsp3) is 0.333. The van der Waals surface area contributed by atoms with Crippen LogP contribution in [0.25, 0.3) is 0 Å². The summed E-state index contributed by atoms with van der Waals surface area (Å²) in [5.41, 5.74) is 9.11. The zero-order valence-corrected chi connectivity index (χ0v) is 17.4. The molecule has 1 atom stereocenters. The molecule has 0 aromatic heterocycles. The molecule has 2 aromatic rings. The number of guanidine groups is 2. The van der Waals surface area contributed by atoms with Crippen molar-refractivity contribution in [3.8, 4) is 5.75 Å². The Morgan fingerprint density at radius 3 is 2.52 bits per heavy atom. The minimum absolute atomic E-state index is 0.257. The van der Waals surface area contributed by atoms with Crippen LogP contribution in [0.2, 0.25) is 5.02 Å². The van der Waals surface area contributed by atoms with Gasteiger partial charge in [0.2, 0.25) is 18.2 Å². The Hall–Kier alpha value is -2.93. The van der Waals surface area contributed by atoms with Crippen molar-refractivity contribution in [2.45, 2.75) is 26.1 Å². The molecule has 2 aromatic carbocycles. The largest absolute Gasteiger partial charge is 0.495 e. The van der Waals surface area contributed by atoms with E-state index in [4.69, 9.17) is 22.1 Å². The molecule has 4 rings (SSSR count). The Labute approximate surface area is 175 Å². The van der Waals surface area contributed by atoms with Crippen molar-refractivity contribution in [3.05, 3.63) is 53.1 Å². The fourth-order valence-electron chi connectivity index (χ4n) is 3.58. The van der Waals surface area contributed by atoms with Gasteiger partial charge in [-0.15, -0.1) is 0 Å². The van der Waals surface area contributed by atoms with E-state index in [1.165, 1.54) is 5.56 Å². The van der Waals surface area contributed by atoms with Crippen LogP contribution in [0.15, 0.2) is 52.4 Å². The predicted octanol–water partition coefficient (Wildman–Crippen LogP) is 3.64. The number of anilines is 2. The molecule has 1 fully saturated rings. The van der Waals surface area contributed by atoms with E-state index in [1.807, 2.05) is 18.2 Å². The third kappa shape index (κ3) is 4.10. The second kappa shape index (κ2) is 8.21. The van der Waals surface area contributed by atoms with E-state index in [0.29, 0.717) is 10.8 Å². The third-order valence-corrected chi connectivity index (χ3v) is 5.37. The van der Waals surface area contributed by atoms with Crippen LogP contribution in [0, 0.1) is 6.92 Å². The number of methoxy groups -OCH3 is 1. The monoisotopic (exact) mass is 412 g/mol. The zero-order chi connectivity index (χ0) is 20.4. The van der Waals surface area contributed by atoms with Gasteiger partial charge < -0.3 is 20.7 Å². The van der Waals surface area contributed by atoms with Crippen molar-refractivity contribution in [1.82, 2.24) is 4.90 Å². The molecule has 0 spiro atoms. The van der Waals surface area contributed by atoms with Crippen LogP contribution in [0.4, 0.5) is 11.4 Å². The number of benzene rings is 2. The van der Waals surface area contributed by atoms with Gasteiger partial charge in [0.05, 0.1) is 12.1 Å². The number of rotatable bonds is 4. The van der Waals surface area contributed by atoms with E-state index < -0.39 is 6.29 Å². The summed E-state index contributed by atoms with van der Waals surface area (Å²) < 4.78 is 5.25. The highest BCUT2D eigenvalue weighted by Gasteiger charge is 2.32. The Balaban J connectivity index is 1.70. The van der Waals surface area contributed by atoms with Crippen LogP contribution in [-0.4, -0.2) is 43.3 Å². The molecule has 0 aliphatic carbocycles. The van der Waals surface area contributed by atoms with Gasteiger partial charge in [-0.1, -0.05) is 29.3 Å². The molecule has 3 N–H and O–H groups in total. The fourth-order valence-corrected chi connectivity index (χ4v) is 3.84. The molecule has 29 heavy (non-hydrogen) atoms. The van der Waals surface area contributed by atoms with E-state index in [1.54, 1.807) is 7.11 Å². The summed E-state index contributed by atoms with van der Waals surface area (Å²) in [6.45, 7) is 3.98. The Kier molecular flexibility index (Phi) is 5.49. The first-order chi connectivity index (χ1) is 14.0. The number of aliphatic imine (C=N–C) groups is 2. The number of likely N-dealkylation sites (tertiary alicyclic amines) is 1. The average Bonchev–Trinajstić information content (AvgIpc) is 3.23. The molecule has 152 valence electrons. The Bertz CT molecular complexity index is 937. The summed E-state index contributed by atoms with van der Waals surface area (Å²) in [5.74, 6) is 1.70. The Morgan fingerprint density at radius 2 is 1.86 bits per heavy atom. The van der Waals surface area contributed by atoms with E-state index in [0.717, 1.165) is 43.3 Å². The predicted molar refractivity (Wildman–Crippen MR) is 119 cm³/mol. The van der Waals surface area contributed by atoms with Crippen LogP contribution in [-0.2, 0) is 0 Å². The number of ether oxygens (including phenoxy) is 1. The van der Waals surface area contributed by atoms with Crippen molar-refractivity contribution in [3.63, 3.8) is 0 Å². The summed E-state index contributed by atoms with van der Waals surface area (Å²) in [4.78, 5) is 13.5. The average molecular weight is 413 g/mol. The topological polar surface area (TPSA) is 78.5 Å². The van der Waals surface area contributed by atoms with Crippen LogP contribution < -0.4 is 20.7 Å². The number of halogens is 1. The van der Waals surface area contributed by atoms with Gasteiger partial charge in [0, 0.05) is 24.5 Å². The quantitative estimate of drug-likeness (QED) is 0.801. The molecule has 2 aliphatic heterocycles. The molecule has 1 saturated heterocycles. The first-order valence-corrected chi connectivity index (χ1v) is 10.1. The van der Waals surface area contributed by atoms with E-state index in [9.17, 15) is 0 Å². The number of nitrogens with one attached hydrogen (secondary N) is 1. The minimum atomic E-state index is -0.449. The Morgan fingerprint density at radius 1 is 1.14 bits per heavy atom. The molecule has 2 heterocycles. The third-order valence-electron chi connectivity index (χ3n) is 5.08. The van der Waals surface area contributed by atoms with Crippen molar-refractivity contribution >= 4 is 34.9 Å². The van der Waals surface area contributed by atoms with Gasteiger partial charge in [-0.2, -0.15) is 4.99 Å². The first kappa shape index (κ1) is 19.4. The lowest BCUT2D eigenvalue weighted by atomic mass is 10.2. The highest BCUT2D eigenvalue weighted by Crippen LogP contribution is 2.30. The van der Waals surface area contributed by atoms with Gasteiger partial charge in [0.1, 0.15) is 5.75 Å². The lowest BCUT2D eigenvalue weighted by Crippen LogP contribution is -2.54. The second-order valence-electron chi connectivity index (χ2n) is 7.17. The summed E-state index contributed by atoms with van der Waals surface area (Å²) in [5, 5.41) is 3.96. The van der Waals surface area contributed by atoms with Gasteiger partial charge >= 0.3 is 0 Å². The van der Waals surface area contributed by atoms with Crippen molar-refractivity contribution in [1.29, 1.82) is 0 Å². The lowest BCUT2D eigenvalue weighted by Gasteiger charge is -2.38. The number of nitrogens with zero attached hydrogens (tertiary/aromatic N) is 4. The van der Waals surface area contributed by atoms with E-state index >= 15 is 0 Å². The molecule has 8 heteroatoms. The van der Waals surface area contributed by atoms with Crippen molar-refractivity contribution in [2.75, 3.05) is 30.4 Å². The zero-order valence-electron chi connectivity index (χ0n) is 16.6. The smallest absolute Gasteiger partial charge is 0.222 e. The summed E-state index contributed by atoms with van der Waals surface area (Å²) in [7, 11) is 1.60. The van der Waals surface area contributed by atoms with Crippen molar-refractivity contribution < 1.29 is 4.74 Å². The number of hydrogen-bond donors (Lipinski definition) is 2. The molecule has 7 nitrogen and oxygen atoms in total. The van der Waals surface area contributed by atoms with Crippen LogP contribution in [0.5, 0.6) is 5.75 Å². The van der Waals surface area contributed by atoms with Gasteiger partial charge in [0.25, 0.3) is 0 Å². The number of hydrogen-bond acceptors (Lipinski definition) is 7. The maximum absolute atomic E-state index is 6.31. The maximum atomic E-state index is 6.31. The molecule has 0 saturated carbocycles. The molecular weight excluding hydrogens is 388 g/mol. The lowest BCUT2D eigenvalue weighted by molar-refractivity contribution is 0.415. The molecule has 2 aliphatic rings. The number of aryl methyl sites for hydroxylation is 1. The normalized spacial score (nSPS) is 19.1. The van der Waals surface area contributed by atoms with Gasteiger partial charge in [-0.25, -0.2) is 4.99 Å². The van der Waals surface area contributed by atoms with Gasteiger partial charge in [-0.05, 0) is 50.1 Å².